The van der Waals surface area contributed by atoms with Crippen molar-refractivity contribution in [2.45, 2.75) is 38.5 Å². The minimum atomic E-state index is 1.06. The van der Waals surface area contributed by atoms with Crippen molar-refractivity contribution in [2.24, 2.45) is 0 Å². The molecular weight excluding hydrogens is 218 g/mol. The standard InChI is InChI=1S/C14H16ClN/c1-2-16-14-11-7-3-5-9(11)13(15)10-6-4-8-12(10)14/h2,16H,1,3-8H2. The third-order valence-electron chi connectivity index (χ3n) is 3.82. The van der Waals surface area contributed by atoms with Crippen LogP contribution in [0.2, 0.25) is 5.02 Å². The Morgan fingerprint density at radius 3 is 1.94 bits per heavy atom. The minimum Gasteiger partial charge on any atom is -0.362 e. The summed E-state index contributed by atoms with van der Waals surface area (Å²) in [5, 5.41) is 4.41. The van der Waals surface area contributed by atoms with Gasteiger partial charge in [-0.15, -0.1) is 0 Å². The Kier molecular flexibility index (Phi) is 2.44. The summed E-state index contributed by atoms with van der Waals surface area (Å²) >= 11 is 6.52. The first-order valence-corrected chi connectivity index (χ1v) is 6.43. The lowest BCUT2D eigenvalue weighted by Crippen LogP contribution is -2.01. The lowest BCUT2D eigenvalue weighted by molar-refractivity contribution is 0.898. The fraction of sp³-hybridized carbons (Fsp3) is 0.429. The van der Waals surface area contributed by atoms with Crippen molar-refractivity contribution in [2.75, 3.05) is 5.32 Å². The van der Waals surface area contributed by atoms with E-state index < -0.39 is 0 Å². The van der Waals surface area contributed by atoms with E-state index in [1.807, 2.05) is 0 Å². The van der Waals surface area contributed by atoms with Gasteiger partial charge in [0.1, 0.15) is 0 Å². The summed E-state index contributed by atoms with van der Waals surface area (Å²) in [4.78, 5) is 0. The monoisotopic (exact) mass is 233 g/mol. The van der Waals surface area contributed by atoms with E-state index in [4.69, 9.17) is 11.6 Å². The van der Waals surface area contributed by atoms with Crippen LogP contribution in [0.3, 0.4) is 0 Å². The van der Waals surface area contributed by atoms with E-state index in [1.54, 1.807) is 6.20 Å². The van der Waals surface area contributed by atoms with E-state index >= 15 is 0 Å². The van der Waals surface area contributed by atoms with Crippen molar-refractivity contribution in [3.63, 3.8) is 0 Å². The summed E-state index contributed by atoms with van der Waals surface area (Å²) in [6.07, 6.45) is 8.89. The van der Waals surface area contributed by atoms with Crippen LogP contribution in [0.1, 0.15) is 35.1 Å². The summed E-state index contributed by atoms with van der Waals surface area (Å²) < 4.78 is 0. The topological polar surface area (TPSA) is 12.0 Å². The highest BCUT2D eigenvalue weighted by molar-refractivity contribution is 6.32. The summed E-state index contributed by atoms with van der Waals surface area (Å²) in [7, 11) is 0. The van der Waals surface area contributed by atoms with E-state index in [0.717, 1.165) is 17.9 Å². The van der Waals surface area contributed by atoms with Gasteiger partial charge in [-0.3, -0.25) is 0 Å². The number of benzene rings is 1. The van der Waals surface area contributed by atoms with E-state index in [1.165, 1.54) is 53.6 Å². The molecule has 0 saturated heterocycles. The first kappa shape index (κ1) is 10.2. The molecule has 84 valence electrons. The SMILES string of the molecule is C=CNc1c2c(c(Cl)c3c1CCC3)CCC2. The van der Waals surface area contributed by atoms with Crippen LogP contribution < -0.4 is 5.32 Å². The highest BCUT2D eigenvalue weighted by Crippen LogP contribution is 2.43. The van der Waals surface area contributed by atoms with Gasteiger partial charge < -0.3 is 5.32 Å². The van der Waals surface area contributed by atoms with Crippen molar-refractivity contribution < 1.29 is 0 Å². The molecule has 2 heteroatoms. The molecule has 0 radical (unpaired) electrons. The lowest BCUT2D eigenvalue weighted by atomic mass is 9.98. The average Bonchev–Trinajstić information content (AvgIpc) is 2.92. The quantitative estimate of drug-likeness (QED) is 0.818. The Labute approximate surface area is 102 Å². The smallest absolute Gasteiger partial charge is 0.0477 e. The predicted octanol–water partition coefficient (Wildman–Crippen LogP) is 3.87. The zero-order chi connectivity index (χ0) is 11.1. The number of rotatable bonds is 2. The van der Waals surface area contributed by atoms with Crippen LogP contribution in [0.5, 0.6) is 0 Å². The van der Waals surface area contributed by atoms with E-state index in [2.05, 4.69) is 11.9 Å². The van der Waals surface area contributed by atoms with Crippen LogP contribution in [-0.2, 0) is 25.7 Å². The summed E-state index contributed by atoms with van der Waals surface area (Å²) in [6, 6.07) is 0. The van der Waals surface area contributed by atoms with Gasteiger partial charge in [-0.05, 0) is 67.0 Å². The third kappa shape index (κ3) is 1.31. The van der Waals surface area contributed by atoms with Crippen molar-refractivity contribution in [3.8, 4) is 0 Å². The molecule has 3 rings (SSSR count). The molecule has 0 bridgehead atoms. The Hall–Kier alpha value is -0.950. The van der Waals surface area contributed by atoms with Crippen LogP contribution in [0.25, 0.3) is 0 Å². The number of hydrogen-bond donors (Lipinski definition) is 1. The van der Waals surface area contributed by atoms with Gasteiger partial charge in [0.05, 0.1) is 0 Å². The van der Waals surface area contributed by atoms with Crippen molar-refractivity contribution >= 4 is 17.3 Å². The number of anilines is 1. The number of nitrogens with one attached hydrogen (secondary N) is 1. The van der Waals surface area contributed by atoms with Gasteiger partial charge in [0.25, 0.3) is 0 Å². The van der Waals surface area contributed by atoms with Gasteiger partial charge in [0, 0.05) is 10.7 Å². The fourth-order valence-electron chi connectivity index (χ4n) is 3.16. The van der Waals surface area contributed by atoms with Gasteiger partial charge in [-0.2, -0.15) is 0 Å². The van der Waals surface area contributed by atoms with Crippen molar-refractivity contribution in [3.05, 3.63) is 40.1 Å². The molecule has 16 heavy (non-hydrogen) atoms. The molecule has 1 N–H and O–H groups in total. The van der Waals surface area contributed by atoms with Gasteiger partial charge in [0.2, 0.25) is 0 Å². The fourth-order valence-corrected chi connectivity index (χ4v) is 3.58. The Balaban J connectivity index is 2.27. The first-order chi connectivity index (χ1) is 7.83. The van der Waals surface area contributed by atoms with Crippen molar-refractivity contribution in [1.82, 2.24) is 0 Å². The Bertz CT molecular complexity index is 427. The first-order valence-electron chi connectivity index (χ1n) is 6.05. The molecule has 0 aromatic heterocycles. The second kappa shape index (κ2) is 3.81. The van der Waals surface area contributed by atoms with Gasteiger partial charge >= 0.3 is 0 Å². The van der Waals surface area contributed by atoms with E-state index in [9.17, 15) is 0 Å². The molecule has 0 heterocycles. The van der Waals surface area contributed by atoms with Crippen LogP contribution in [0.15, 0.2) is 12.8 Å². The molecule has 2 aliphatic carbocycles. The van der Waals surface area contributed by atoms with Crippen LogP contribution >= 0.6 is 11.6 Å². The lowest BCUT2D eigenvalue weighted by Gasteiger charge is -2.16. The third-order valence-corrected chi connectivity index (χ3v) is 4.27. The molecule has 0 unspecified atom stereocenters. The molecule has 1 nitrogen and oxygen atoms in total. The largest absolute Gasteiger partial charge is 0.362 e. The molecule has 0 saturated carbocycles. The highest BCUT2D eigenvalue weighted by Gasteiger charge is 2.27. The second-order valence-electron chi connectivity index (χ2n) is 4.66. The number of hydrogen-bond acceptors (Lipinski definition) is 1. The molecule has 0 aliphatic heterocycles. The van der Waals surface area contributed by atoms with Gasteiger partial charge in [-0.25, -0.2) is 0 Å². The average molecular weight is 234 g/mol. The molecular formula is C14H16ClN. The zero-order valence-electron chi connectivity index (χ0n) is 9.41. The van der Waals surface area contributed by atoms with Gasteiger partial charge in [0.15, 0.2) is 0 Å². The van der Waals surface area contributed by atoms with E-state index in [0.29, 0.717) is 0 Å². The molecule has 1 aromatic rings. The predicted molar refractivity (Wildman–Crippen MR) is 69.3 cm³/mol. The van der Waals surface area contributed by atoms with Crippen molar-refractivity contribution in [1.29, 1.82) is 0 Å². The maximum atomic E-state index is 6.52. The molecule has 0 atom stereocenters. The maximum absolute atomic E-state index is 6.52. The molecule has 0 amide bonds. The second-order valence-corrected chi connectivity index (χ2v) is 5.04. The minimum absolute atomic E-state index is 1.06. The molecule has 0 spiro atoms. The van der Waals surface area contributed by atoms with E-state index in [-0.39, 0.29) is 0 Å². The van der Waals surface area contributed by atoms with Crippen LogP contribution in [0.4, 0.5) is 5.69 Å². The molecule has 2 aliphatic rings. The number of halogens is 1. The summed E-state index contributed by atoms with van der Waals surface area (Å²) in [5.41, 5.74) is 7.01. The Morgan fingerprint density at radius 2 is 1.44 bits per heavy atom. The molecule has 1 aromatic carbocycles. The maximum Gasteiger partial charge on any atom is 0.0477 e. The van der Waals surface area contributed by atoms with Gasteiger partial charge in [-0.1, -0.05) is 18.2 Å². The molecule has 0 fully saturated rings. The summed E-state index contributed by atoms with van der Waals surface area (Å²) in [6.45, 7) is 3.79. The zero-order valence-corrected chi connectivity index (χ0v) is 10.2. The van der Waals surface area contributed by atoms with Crippen LogP contribution in [0, 0.1) is 0 Å². The highest BCUT2D eigenvalue weighted by atomic mass is 35.5. The Morgan fingerprint density at radius 1 is 0.938 bits per heavy atom. The van der Waals surface area contributed by atoms with Crippen LogP contribution in [-0.4, -0.2) is 0 Å². The normalized spacial score (nSPS) is 17.1. The number of fused-ring (bicyclic) bond motifs is 2. The summed E-state index contributed by atoms with van der Waals surface area (Å²) in [5.74, 6) is 0.